The van der Waals surface area contributed by atoms with Crippen LogP contribution in [-0.2, 0) is 34.4 Å². The van der Waals surface area contributed by atoms with Gasteiger partial charge < -0.3 is 0 Å². The number of imidazole rings is 1. The van der Waals surface area contributed by atoms with Gasteiger partial charge in [0, 0.05) is 45.5 Å². The van der Waals surface area contributed by atoms with Crippen molar-refractivity contribution in [3.8, 4) is 11.8 Å². The molecule has 0 radical (unpaired) electrons. The van der Waals surface area contributed by atoms with Gasteiger partial charge in [0.25, 0.3) is 0 Å². The second-order valence-corrected chi connectivity index (χ2v) is 11.5. The van der Waals surface area contributed by atoms with Crippen molar-refractivity contribution in [2.75, 3.05) is 0 Å². The van der Waals surface area contributed by atoms with Gasteiger partial charge in [-0.15, -0.1) is 0 Å². The van der Waals surface area contributed by atoms with Crippen LogP contribution in [0.15, 0.2) is 35.4 Å². The average molecular weight is 532 g/mol. The molecule has 1 aliphatic rings. The molecule has 3 heterocycles. The molecule has 1 unspecified atom stereocenters. The van der Waals surface area contributed by atoms with Gasteiger partial charge >= 0.3 is 5.69 Å². The highest BCUT2D eigenvalue weighted by atomic mass is 16.2. The molecule has 1 aromatic carbocycles. The third-order valence-corrected chi connectivity index (χ3v) is 6.85. The van der Waals surface area contributed by atoms with E-state index in [1.54, 1.807) is 13.2 Å². The van der Waals surface area contributed by atoms with Crippen LogP contribution in [0.4, 0.5) is 0 Å². The summed E-state index contributed by atoms with van der Waals surface area (Å²) in [7, 11) is 1.68. The first-order valence-corrected chi connectivity index (χ1v) is 13.6. The molecular weight excluding hydrogens is 494 g/mol. The van der Waals surface area contributed by atoms with Crippen LogP contribution in [0.25, 0.3) is 11.0 Å². The van der Waals surface area contributed by atoms with E-state index in [9.17, 15) is 19.2 Å². The van der Waals surface area contributed by atoms with Crippen molar-refractivity contribution in [2.24, 2.45) is 12.5 Å². The molecule has 1 saturated heterocycles. The lowest BCUT2D eigenvalue weighted by atomic mass is 9.88. The molecule has 1 fully saturated rings. The van der Waals surface area contributed by atoms with E-state index in [-0.39, 0.29) is 29.2 Å². The van der Waals surface area contributed by atoms with Crippen molar-refractivity contribution in [3.05, 3.63) is 52.2 Å². The number of nitrogens with zero attached hydrogens (tertiary/aromatic N) is 4. The Hall–Kier alpha value is -3.93. The fourth-order valence-electron chi connectivity index (χ4n) is 5.09. The number of nitrogens with one attached hydrogen (secondary N) is 1. The molecule has 0 aliphatic carbocycles. The molecule has 0 saturated carbocycles. The highest BCUT2D eigenvalue weighted by Gasteiger charge is 2.31. The molecule has 3 aromatic rings. The number of benzene rings is 1. The van der Waals surface area contributed by atoms with Crippen LogP contribution in [-0.4, -0.2) is 36.5 Å². The Morgan fingerprint density at radius 1 is 1.15 bits per heavy atom. The zero-order chi connectivity index (χ0) is 28.2. The molecular formula is C30H37N5O4. The summed E-state index contributed by atoms with van der Waals surface area (Å²) in [5.74, 6) is 5.92. The summed E-state index contributed by atoms with van der Waals surface area (Å²) in [4.78, 5) is 49.2. The summed E-state index contributed by atoms with van der Waals surface area (Å²) < 4.78 is 4.90. The molecule has 1 aliphatic heterocycles. The highest BCUT2D eigenvalue weighted by molar-refractivity contribution is 6.00. The predicted octanol–water partition coefficient (Wildman–Crippen LogP) is 3.67. The Morgan fingerprint density at radius 2 is 1.95 bits per heavy atom. The lowest BCUT2D eigenvalue weighted by Crippen LogP contribution is -2.44. The number of hydrogen-bond acceptors (Lipinski definition) is 5. The van der Waals surface area contributed by atoms with Crippen molar-refractivity contribution >= 4 is 28.6 Å². The van der Waals surface area contributed by atoms with Crippen molar-refractivity contribution in [2.45, 2.75) is 84.7 Å². The van der Waals surface area contributed by atoms with Crippen LogP contribution in [0.3, 0.4) is 0 Å². The second kappa shape index (κ2) is 11.9. The van der Waals surface area contributed by atoms with Gasteiger partial charge in [0.05, 0.1) is 22.8 Å². The minimum absolute atomic E-state index is 0.0000136. The monoisotopic (exact) mass is 531 g/mol. The van der Waals surface area contributed by atoms with Gasteiger partial charge in [0.15, 0.2) is 0 Å². The van der Waals surface area contributed by atoms with E-state index in [2.05, 4.69) is 43.0 Å². The van der Waals surface area contributed by atoms with Gasteiger partial charge in [-0.1, -0.05) is 45.1 Å². The zero-order valence-electron chi connectivity index (χ0n) is 23.2. The van der Waals surface area contributed by atoms with E-state index in [4.69, 9.17) is 0 Å². The van der Waals surface area contributed by atoms with Crippen molar-refractivity contribution in [1.82, 2.24) is 24.2 Å². The van der Waals surface area contributed by atoms with Gasteiger partial charge in [0.1, 0.15) is 11.8 Å². The number of hydrogen-bond donors (Lipinski definition) is 1. The molecule has 9 heteroatoms. The first kappa shape index (κ1) is 28.1. The number of aryl methyl sites for hydroxylation is 2. The molecule has 9 nitrogen and oxygen atoms in total. The Balaban J connectivity index is 1.31. The van der Waals surface area contributed by atoms with E-state index >= 15 is 0 Å². The fraction of sp³-hybridized carbons (Fsp3) is 0.500. The number of Topliss-reactive ketones (excluding diaryl/α,β-unsaturated/α-hetero) is 1. The van der Waals surface area contributed by atoms with E-state index in [0.717, 1.165) is 43.4 Å². The summed E-state index contributed by atoms with van der Waals surface area (Å²) in [6.07, 6.45) is 8.89. The van der Waals surface area contributed by atoms with E-state index in [1.165, 1.54) is 9.13 Å². The normalized spacial score (nSPS) is 15.7. The highest BCUT2D eigenvalue weighted by Crippen LogP contribution is 2.25. The first-order valence-electron chi connectivity index (χ1n) is 13.6. The number of ketones is 1. The Bertz CT molecular complexity index is 1510. The summed E-state index contributed by atoms with van der Waals surface area (Å²) in [5.41, 5.74) is 2.74. The van der Waals surface area contributed by atoms with Crippen LogP contribution < -0.4 is 11.0 Å². The summed E-state index contributed by atoms with van der Waals surface area (Å²) in [5, 5.41) is 6.73. The van der Waals surface area contributed by atoms with Gasteiger partial charge in [-0.3, -0.25) is 33.5 Å². The maximum absolute atomic E-state index is 13.0. The van der Waals surface area contributed by atoms with Crippen molar-refractivity contribution in [3.63, 3.8) is 0 Å². The summed E-state index contributed by atoms with van der Waals surface area (Å²) in [6.45, 7) is 7.02. The Labute approximate surface area is 228 Å². The molecule has 4 rings (SSSR count). The average Bonchev–Trinajstić information content (AvgIpc) is 3.39. The lowest BCUT2D eigenvalue weighted by molar-refractivity contribution is -0.135. The maximum Gasteiger partial charge on any atom is 0.329 e. The van der Waals surface area contributed by atoms with Gasteiger partial charge in [-0.25, -0.2) is 4.79 Å². The third kappa shape index (κ3) is 6.94. The number of carbonyl (C=O) groups is 3. The number of imide groups is 1. The van der Waals surface area contributed by atoms with Crippen LogP contribution in [0.5, 0.6) is 0 Å². The Kier molecular flexibility index (Phi) is 8.54. The number of amides is 2. The van der Waals surface area contributed by atoms with Crippen molar-refractivity contribution < 1.29 is 14.4 Å². The van der Waals surface area contributed by atoms with Gasteiger partial charge in [-0.2, -0.15) is 5.10 Å². The van der Waals surface area contributed by atoms with Crippen LogP contribution >= 0.6 is 0 Å². The lowest BCUT2D eigenvalue weighted by Gasteiger charge is -2.21. The predicted molar refractivity (Wildman–Crippen MR) is 149 cm³/mol. The van der Waals surface area contributed by atoms with Gasteiger partial charge in [-0.05, 0) is 42.4 Å². The minimum Gasteiger partial charge on any atom is -0.299 e. The molecule has 0 spiro atoms. The number of para-hydroxylation sites is 1. The van der Waals surface area contributed by atoms with Crippen LogP contribution in [0.2, 0.25) is 0 Å². The quantitative estimate of drug-likeness (QED) is 0.258. The van der Waals surface area contributed by atoms with Crippen molar-refractivity contribution in [1.29, 1.82) is 0 Å². The van der Waals surface area contributed by atoms with E-state index < -0.39 is 11.9 Å². The minimum atomic E-state index is -0.711. The zero-order valence-corrected chi connectivity index (χ0v) is 23.2. The van der Waals surface area contributed by atoms with E-state index in [1.807, 2.05) is 29.1 Å². The first-order chi connectivity index (χ1) is 18.5. The van der Waals surface area contributed by atoms with Crippen LogP contribution in [0, 0.1) is 17.3 Å². The number of piperidine rings is 1. The smallest absolute Gasteiger partial charge is 0.299 e. The second-order valence-electron chi connectivity index (χ2n) is 11.5. The largest absolute Gasteiger partial charge is 0.329 e. The number of unbranched alkanes of at least 4 members (excludes halogenated alkanes) is 3. The standard InChI is InChI=1S/C30H37N5O4/c1-30(2,3)18-23(36)17-21-19-31-34(20-21)16-9-7-5-6-8-11-22-12-10-13-24-27(22)33(4)29(39)35(24)25-14-15-26(37)32-28(25)38/h10,12-13,19-20,25H,5-7,9,14-18H2,1-4H3,(H,32,37,38). The third-order valence-electron chi connectivity index (χ3n) is 6.85. The van der Waals surface area contributed by atoms with Crippen LogP contribution in [0.1, 0.15) is 82.9 Å². The number of fused-ring (bicyclic) bond motifs is 1. The summed E-state index contributed by atoms with van der Waals surface area (Å²) in [6, 6.07) is 4.82. The molecule has 1 atom stereocenters. The molecule has 206 valence electrons. The molecule has 1 N–H and O–H groups in total. The Morgan fingerprint density at radius 3 is 2.69 bits per heavy atom. The maximum atomic E-state index is 13.0. The SMILES string of the molecule is Cn1c(=O)n(C2CCC(=O)NC2=O)c2cccc(C#CCCCCCn3cc(CC(=O)CC(C)(C)C)cn3)c21. The number of carbonyl (C=O) groups excluding carboxylic acids is 3. The molecule has 39 heavy (non-hydrogen) atoms. The summed E-state index contributed by atoms with van der Waals surface area (Å²) >= 11 is 0. The molecule has 2 aromatic heterocycles. The molecule has 0 bridgehead atoms. The number of rotatable bonds is 9. The fourth-order valence-corrected chi connectivity index (χ4v) is 5.09. The van der Waals surface area contributed by atoms with E-state index in [0.29, 0.717) is 30.3 Å². The van der Waals surface area contributed by atoms with Gasteiger partial charge in [0.2, 0.25) is 11.8 Å². The molecule has 2 amide bonds. The topological polar surface area (TPSA) is 108 Å². The number of aromatic nitrogens is 4.